The zero-order chi connectivity index (χ0) is 18.2. The minimum absolute atomic E-state index is 0.264. The Bertz CT molecular complexity index is 441. The van der Waals surface area contributed by atoms with Gasteiger partial charge in [-0.3, -0.25) is 0 Å². The van der Waals surface area contributed by atoms with Crippen LogP contribution in [0.25, 0.3) is 0 Å². The molecule has 25 heavy (non-hydrogen) atoms. The molecule has 1 amide bonds. The minimum Gasteiger partial charge on any atom is -0.445 e. The van der Waals surface area contributed by atoms with Crippen molar-refractivity contribution in [3.63, 3.8) is 0 Å². The van der Waals surface area contributed by atoms with Crippen molar-refractivity contribution in [2.45, 2.75) is 26.9 Å². The second kappa shape index (κ2) is 14.7. The molecule has 1 rings (SSSR count). The molecule has 0 saturated heterocycles. The van der Waals surface area contributed by atoms with Gasteiger partial charge in [0.05, 0.1) is 33.0 Å². The van der Waals surface area contributed by atoms with E-state index in [1.807, 2.05) is 30.3 Å². The van der Waals surface area contributed by atoms with Gasteiger partial charge in [0, 0.05) is 13.2 Å². The first-order valence-electron chi connectivity index (χ1n) is 8.90. The molecule has 0 bridgehead atoms. The Morgan fingerprint density at radius 3 is 2.32 bits per heavy atom. The van der Waals surface area contributed by atoms with E-state index in [0.29, 0.717) is 45.5 Å². The van der Waals surface area contributed by atoms with Gasteiger partial charge in [0.1, 0.15) is 6.61 Å². The van der Waals surface area contributed by atoms with Crippen molar-refractivity contribution in [1.82, 2.24) is 5.32 Å². The molecule has 0 heterocycles. The lowest BCUT2D eigenvalue weighted by Gasteiger charge is -2.10. The lowest BCUT2D eigenvalue weighted by atomic mass is 10.1. The molecule has 1 aromatic carbocycles. The average molecular weight is 353 g/mol. The summed E-state index contributed by atoms with van der Waals surface area (Å²) in [5.74, 6) is 0.593. The van der Waals surface area contributed by atoms with Crippen molar-refractivity contribution in [2.75, 3.05) is 46.2 Å². The van der Waals surface area contributed by atoms with E-state index < -0.39 is 6.09 Å². The fraction of sp³-hybridized carbons (Fsp3) is 0.632. The Morgan fingerprint density at radius 2 is 1.64 bits per heavy atom. The summed E-state index contributed by atoms with van der Waals surface area (Å²) in [4.78, 5) is 11.5. The lowest BCUT2D eigenvalue weighted by Crippen LogP contribution is -2.28. The molecule has 0 radical (unpaired) electrons. The Balaban J connectivity index is 1.83. The first-order chi connectivity index (χ1) is 12.2. The molecule has 1 aromatic rings. The van der Waals surface area contributed by atoms with E-state index in [9.17, 15) is 4.79 Å². The van der Waals surface area contributed by atoms with Crippen LogP contribution in [0, 0.1) is 5.92 Å². The predicted octanol–water partition coefficient (Wildman–Crippen LogP) is 3.01. The molecule has 0 aliphatic rings. The summed E-state index contributed by atoms with van der Waals surface area (Å²) < 4.78 is 21.4. The van der Waals surface area contributed by atoms with E-state index in [4.69, 9.17) is 18.9 Å². The van der Waals surface area contributed by atoms with E-state index in [2.05, 4.69) is 19.2 Å². The maximum absolute atomic E-state index is 11.5. The van der Waals surface area contributed by atoms with Crippen LogP contribution in [0.4, 0.5) is 4.79 Å². The summed E-state index contributed by atoms with van der Waals surface area (Å²) in [6.45, 7) is 8.39. The van der Waals surface area contributed by atoms with Crippen LogP contribution >= 0.6 is 0 Å². The van der Waals surface area contributed by atoms with Gasteiger partial charge in [-0.2, -0.15) is 0 Å². The normalized spacial score (nSPS) is 11.9. The van der Waals surface area contributed by atoms with Crippen molar-refractivity contribution in [3.05, 3.63) is 35.9 Å². The maximum atomic E-state index is 11.5. The number of amides is 1. The molecule has 1 atom stereocenters. The Labute approximate surface area is 150 Å². The van der Waals surface area contributed by atoms with Crippen LogP contribution in [0.2, 0.25) is 0 Å². The third-order valence-corrected chi connectivity index (χ3v) is 3.57. The highest BCUT2D eigenvalue weighted by Crippen LogP contribution is 2.00. The monoisotopic (exact) mass is 353 g/mol. The number of nitrogens with one attached hydrogen (secondary N) is 1. The predicted molar refractivity (Wildman–Crippen MR) is 96.5 cm³/mol. The Hall–Kier alpha value is -1.63. The second-order valence-electron chi connectivity index (χ2n) is 5.80. The SMILES string of the molecule is CCC(C)COCCOCCOCCNC(=O)OCc1ccccc1. The van der Waals surface area contributed by atoms with Gasteiger partial charge in [-0.1, -0.05) is 50.6 Å². The van der Waals surface area contributed by atoms with Crippen molar-refractivity contribution in [2.24, 2.45) is 5.92 Å². The number of hydrogen-bond donors (Lipinski definition) is 1. The summed E-state index contributed by atoms with van der Waals surface area (Å²) in [5.41, 5.74) is 0.958. The van der Waals surface area contributed by atoms with E-state index in [0.717, 1.165) is 18.6 Å². The molecule has 0 aliphatic carbocycles. The minimum atomic E-state index is -0.442. The molecule has 0 aromatic heterocycles. The smallest absolute Gasteiger partial charge is 0.407 e. The van der Waals surface area contributed by atoms with Crippen LogP contribution in [0.15, 0.2) is 30.3 Å². The topological polar surface area (TPSA) is 66.0 Å². The van der Waals surface area contributed by atoms with Crippen LogP contribution in [0.1, 0.15) is 25.8 Å². The first-order valence-corrected chi connectivity index (χ1v) is 8.90. The third kappa shape index (κ3) is 12.4. The quantitative estimate of drug-likeness (QED) is 0.521. The van der Waals surface area contributed by atoms with E-state index in [1.165, 1.54) is 0 Å². The number of benzene rings is 1. The Kier molecular flexibility index (Phi) is 12.6. The highest BCUT2D eigenvalue weighted by atomic mass is 16.6. The molecule has 0 spiro atoms. The number of ether oxygens (including phenoxy) is 4. The molecule has 0 fully saturated rings. The van der Waals surface area contributed by atoms with E-state index in [1.54, 1.807) is 0 Å². The van der Waals surface area contributed by atoms with Gasteiger partial charge in [0.15, 0.2) is 0 Å². The third-order valence-electron chi connectivity index (χ3n) is 3.57. The zero-order valence-electron chi connectivity index (χ0n) is 15.4. The first kappa shape index (κ1) is 21.4. The van der Waals surface area contributed by atoms with Crippen LogP contribution in [-0.2, 0) is 25.6 Å². The molecule has 6 nitrogen and oxygen atoms in total. The van der Waals surface area contributed by atoms with Crippen molar-refractivity contribution in [1.29, 1.82) is 0 Å². The molecule has 1 unspecified atom stereocenters. The molecule has 0 saturated carbocycles. The average Bonchev–Trinajstić information content (AvgIpc) is 2.65. The van der Waals surface area contributed by atoms with Crippen LogP contribution in [0.3, 0.4) is 0 Å². The fourth-order valence-corrected chi connectivity index (χ4v) is 1.84. The largest absolute Gasteiger partial charge is 0.445 e. The van der Waals surface area contributed by atoms with Crippen LogP contribution in [0.5, 0.6) is 0 Å². The second-order valence-corrected chi connectivity index (χ2v) is 5.80. The van der Waals surface area contributed by atoms with Gasteiger partial charge in [0.25, 0.3) is 0 Å². The fourth-order valence-electron chi connectivity index (χ4n) is 1.84. The lowest BCUT2D eigenvalue weighted by molar-refractivity contribution is 0.00868. The zero-order valence-corrected chi connectivity index (χ0v) is 15.4. The van der Waals surface area contributed by atoms with Gasteiger partial charge in [-0.05, 0) is 11.5 Å². The summed E-state index contributed by atoms with van der Waals surface area (Å²) in [7, 11) is 0. The molecule has 0 aliphatic heterocycles. The van der Waals surface area contributed by atoms with Crippen molar-refractivity contribution >= 4 is 6.09 Å². The summed E-state index contributed by atoms with van der Waals surface area (Å²) in [5, 5.41) is 2.64. The van der Waals surface area contributed by atoms with Gasteiger partial charge in [-0.15, -0.1) is 0 Å². The number of alkyl carbamates (subject to hydrolysis) is 1. The van der Waals surface area contributed by atoms with Crippen molar-refractivity contribution in [3.8, 4) is 0 Å². The molecule has 142 valence electrons. The van der Waals surface area contributed by atoms with Crippen LogP contribution < -0.4 is 5.32 Å². The number of hydrogen-bond acceptors (Lipinski definition) is 5. The summed E-state index contributed by atoms with van der Waals surface area (Å²) >= 11 is 0. The standard InChI is InChI=1S/C19H31NO5/c1-3-17(2)15-24-14-13-23-12-11-22-10-9-20-19(21)25-16-18-7-5-4-6-8-18/h4-8,17H,3,9-16H2,1-2H3,(H,20,21). The highest BCUT2D eigenvalue weighted by Gasteiger charge is 2.01. The Morgan fingerprint density at radius 1 is 1.00 bits per heavy atom. The molecule has 1 N–H and O–H groups in total. The summed E-state index contributed by atoms with van der Waals surface area (Å²) in [6.07, 6.45) is 0.685. The van der Waals surface area contributed by atoms with E-state index >= 15 is 0 Å². The number of carbonyl (C=O) groups excluding carboxylic acids is 1. The van der Waals surface area contributed by atoms with Gasteiger partial charge in [0.2, 0.25) is 0 Å². The van der Waals surface area contributed by atoms with Gasteiger partial charge < -0.3 is 24.3 Å². The number of rotatable bonds is 14. The van der Waals surface area contributed by atoms with Crippen molar-refractivity contribution < 1.29 is 23.7 Å². The van der Waals surface area contributed by atoms with Crippen LogP contribution in [-0.4, -0.2) is 52.3 Å². The molecule has 6 heteroatoms. The van der Waals surface area contributed by atoms with E-state index in [-0.39, 0.29) is 6.61 Å². The van der Waals surface area contributed by atoms with Gasteiger partial charge >= 0.3 is 6.09 Å². The molecular formula is C19H31NO5. The highest BCUT2D eigenvalue weighted by molar-refractivity contribution is 5.67. The molecular weight excluding hydrogens is 322 g/mol. The summed E-state index contributed by atoms with van der Waals surface area (Å²) in [6, 6.07) is 9.55. The number of carbonyl (C=O) groups is 1. The maximum Gasteiger partial charge on any atom is 0.407 e. The van der Waals surface area contributed by atoms with Gasteiger partial charge in [-0.25, -0.2) is 4.79 Å².